The second-order valence-corrected chi connectivity index (χ2v) is 10.2. The predicted molar refractivity (Wildman–Crippen MR) is 124 cm³/mol. The maximum Gasteiger partial charge on any atom is 0.322 e. The highest BCUT2D eigenvalue weighted by Gasteiger charge is 2.36. The minimum Gasteiger partial charge on any atom is -0.497 e. The van der Waals surface area contributed by atoms with Crippen LogP contribution in [0.2, 0.25) is 0 Å². The highest BCUT2D eigenvalue weighted by atomic mass is 32.2. The van der Waals surface area contributed by atoms with Gasteiger partial charge in [-0.1, -0.05) is 38.1 Å². The van der Waals surface area contributed by atoms with Gasteiger partial charge in [-0.2, -0.15) is 4.72 Å². The summed E-state index contributed by atoms with van der Waals surface area (Å²) in [5.74, 6) is -0.996. The highest BCUT2D eigenvalue weighted by Crippen LogP contribution is 2.26. The molecule has 1 aliphatic rings. The van der Waals surface area contributed by atoms with E-state index in [4.69, 9.17) is 4.74 Å². The molecular weight excluding hydrogens is 444 g/mol. The first-order chi connectivity index (χ1) is 15.6. The van der Waals surface area contributed by atoms with Crippen molar-refractivity contribution < 1.29 is 27.9 Å². The number of hydrogen-bond donors (Lipinski definition) is 2. The number of piperidine rings is 1. The number of methoxy groups -OCH3 is 1. The van der Waals surface area contributed by atoms with E-state index in [0.717, 1.165) is 16.9 Å². The fraction of sp³-hybridized carbons (Fsp3) is 0.417. The zero-order valence-corrected chi connectivity index (χ0v) is 19.8. The lowest BCUT2D eigenvalue weighted by Gasteiger charge is -2.35. The standard InChI is InChI=1S/C24H30N2O6S/c1-16(2)23(27)26-14-12-19(13-15-26)22(24(28)29)25-33(30,31)21-10-6-18(7-11-21)17-4-8-20(32-3)9-5-17/h4-11,16,19,22,25H,12-15H2,1-3H3,(H,28,29). The highest BCUT2D eigenvalue weighted by molar-refractivity contribution is 7.89. The number of carboxylic acids is 1. The van der Waals surface area contributed by atoms with Crippen LogP contribution in [0.1, 0.15) is 26.7 Å². The molecule has 1 atom stereocenters. The van der Waals surface area contributed by atoms with E-state index in [2.05, 4.69) is 4.72 Å². The van der Waals surface area contributed by atoms with Crippen LogP contribution in [0.3, 0.4) is 0 Å². The topological polar surface area (TPSA) is 113 Å². The molecule has 2 N–H and O–H groups in total. The number of carbonyl (C=O) groups excluding carboxylic acids is 1. The lowest BCUT2D eigenvalue weighted by Crippen LogP contribution is -2.50. The fourth-order valence-electron chi connectivity index (χ4n) is 4.01. The Hall–Kier alpha value is -2.91. The lowest BCUT2D eigenvalue weighted by molar-refractivity contribution is -0.141. The summed E-state index contributed by atoms with van der Waals surface area (Å²) in [5, 5.41) is 9.72. The zero-order valence-electron chi connectivity index (χ0n) is 19.0. The molecule has 2 aromatic carbocycles. The van der Waals surface area contributed by atoms with Crippen molar-refractivity contribution in [2.45, 2.75) is 37.6 Å². The molecule has 0 saturated carbocycles. The van der Waals surface area contributed by atoms with E-state index >= 15 is 0 Å². The van der Waals surface area contributed by atoms with E-state index in [9.17, 15) is 23.1 Å². The van der Waals surface area contributed by atoms with Crippen molar-refractivity contribution in [3.63, 3.8) is 0 Å². The zero-order chi connectivity index (χ0) is 24.2. The molecule has 1 fully saturated rings. The van der Waals surface area contributed by atoms with Crippen LogP contribution in [0.15, 0.2) is 53.4 Å². The van der Waals surface area contributed by atoms with E-state index in [-0.39, 0.29) is 16.7 Å². The normalized spacial score (nSPS) is 15.9. The van der Waals surface area contributed by atoms with Crippen LogP contribution in [0, 0.1) is 11.8 Å². The molecule has 1 heterocycles. The molecule has 0 aliphatic carbocycles. The van der Waals surface area contributed by atoms with Crippen LogP contribution in [0.5, 0.6) is 5.75 Å². The maximum atomic E-state index is 12.9. The molecule has 8 nitrogen and oxygen atoms in total. The number of rotatable bonds is 8. The van der Waals surface area contributed by atoms with Gasteiger partial charge in [-0.05, 0) is 54.2 Å². The van der Waals surface area contributed by atoms with Gasteiger partial charge in [0.05, 0.1) is 12.0 Å². The van der Waals surface area contributed by atoms with Crippen molar-refractivity contribution in [2.24, 2.45) is 11.8 Å². The van der Waals surface area contributed by atoms with Gasteiger partial charge in [0.25, 0.3) is 0 Å². The quantitative estimate of drug-likeness (QED) is 0.608. The van der Waals surface area contributed by atoms with E-state index in [1.165, 1.54) is 12.1 Å². The van der Waals surface area contributed by atoms with Gasteiger partial charge in [0, 0.05) is 19.0 Å². The van der Waals surface area contributed by atoms with E-state index in [1.807, 2.05) is 38.1 Å². The molecule has 0 aromatic heterocycles. The third kappa shape index (κ3) is 5.91. The molecule has 1 saturated heterocycles. The Balaban J connectivity index is 1.70. The average molecular weight is 475 g/mol. The molecule has 9 heteroatoms. The third-order valence-electron chi connectivity index (χ3n) is 5.95. The number of hydrogen-bond acceptors (Lipinski definition) is 5. The first-order valence-corrected chi connectivity index (χ1v) is 12.4. The molecule has 1 aliphatic heterocycles. The Kier molecular flexibility index (Phi) is 7.76. The third-order valence-corrected chi connectivity index (χ3v) is 7.41. The van der Waals surface area contributed by atoms with Crippen molar-refractivity contribution in [3.05, 3.63) is 48.5 Å². The van der Waals surface area contributed by atoms with Gasteiger partial charge >= 0.3 is 5.97 Å². The van der Waals surface area contributed by atoms with E-state index < -0.39 is 28.0 Å². The van der Waals surface area contributed by atoms with Gasteiger partial charge in [-0.3, -0.25) is 9.59 Å². The van der Waals surface area contributed by atoms with E-state index in [0.29, 0.717) is 25.9 Å². The molecule has 33 heavy (non-hydrogen) atoms. The van der Waals surface area contributed by atoms with Crippen LogP contribution < -0.4 is 9.46 Å². The van der Waals surface area contributed by atoms with Gasteiger partial charge in [0.1, 0.15) is 11.8 Å². The first kappa shape index (κ1) is 24.7. The first-order valence-electron chi connectivity index (χ1n) is 10.9. The summed E-state index contributed by atoms with van der Waals surface area (Å²) in [6, 6.07) is 12.4. The summed E-state index contributed by atoms with van der Waals surface area (Å²) in [7, 11) is -2.45. The Morgan fingerprint density at radius 2 is 1.52 bits per heavy atom. The molecule has 0 radical (unpaired) electrons. The molecule has 2 aromatic rings. The van der Waals surface area contributed by atoms with Crippen molar-refractivity contribution in [2.75, 3.05) is 20.2 Å². The van der Waals surface area contributed by atoms with Crippen LogP contribution >= 0.6 is 0 Å². The largest absolute Gasteiger partial charge is 0.497 e. The number of nitrogens with one attached hydrogen (secondary N) is 1. The van der Waals surface area contributed by atoms with Crippen molar-refractivity contribution in [1.29, 1.82) is 0 Å². The summed E-state index contributed by atoms with van der Waals surface area (Å²) in [6.45, 7) is 4.48. The Morgan fingerprint density at radius 1 is 1.00 bits per heavy atom. The number of carbonyl (C=O) groups is 2. The molecule has 1 unspecified atom stereocenters. The lowest BCUT2D eigenvalue weighted by atomic mass is 9.89. The number of nitrogens with zero attached hydrogens (tertiary/aromatic N) is 1. The number of benzene rings is 2. The summed E-state index contributed by atoms with van der Waals surface area (Å²) >= 11 is 0. The average Bonchev–Trinajstić information content (AvgIpc) is 2.82. The minimum absolute atomic E-state index is 0.00145. The van der Waals surface area contributed by atoms with E-state index in [1.54, 1.807) is 24.1 Å². The number of carboxylic acid groups (broad SMARTS) is 1. The molecular formula is C24H30N2O6S. The summed E-state index contributed by atoms with van der Waals surface area (Å²) in [6.07, 6.45) is 0.850. The second-order valence-electron chi connectivity index (χ2n) is 8.51. The van der Waals surface area contributed by atoms with Gasteiger partial charge < -0.3 is 14.7 Å². The molecule has 0 spiro atoms. The van der Waals surface area contributed by atoms with Crippen LogP contribution in [0.4, 0.5) is 0 Å². The van der Waals surface area contributed by atoms with Crippen LogP contribution in [-0.4, -0.2) is 56.5 Å². The van der Waals surface area contributed by atoms with Crippen molar-refractivity contribution in [3.8, 4) is 16.9 Å². The molecule has 178 valence electrons. The van der Waals surface area contributed by atoms with Crippen LogP contribution in [0.25, 0.3) is 11.1 Å². The summed E-state index contributed by atoms with van der Waals surface area (Å²) in [4.78, 5) is 25.8. The van der Waals surface area contributed by atoms with Crippen molar-refractivity contribution >= 4 is 21.9 Å². The number of aliphatic carboxylic acids is 1. The Morgan fingerprint density at radius 3 is 1.97 bits per heavy atom. The second kappa shape index (κ2) is 10.4. The molecule has 1 amide bonds. The smallest absolute Gasteiger partial charge is 0.322 e. The Bertz CT molecular complexity index is 1070. The van der Waals surface area contributed by atoms with Gasteiger partial charge in [0.15, 0.2) is 0 Å². The maximum absolute atomic E-state index is 12.9. The minimum atomic E-state index is -4.04. The SMILES string of the molecule is COc1ccc(-c2ccc(S(=O)(=O)NC(C(=O)O)C3CCN(C(=O)C(C)C)CC3)cc2)cc1. The predicted octanol–water partition coefficient (Wildman–Crippen LogP) is 2.99. The van der Waals surface area contributed by atoms with Crippen LogP contribution in [-0.2, 0) is 19.6 Å². The fourth-order valence-corrected chi connectivity index (χ4v) is 5.27. The number of amides is 1. The number of sulfonamides is 1. The summed E-state index contributed by atoms with van der Waals surface area (Å²) < 4.78 is 33.4. The van der Waals surface area contributed by atoms with Gasteiger partial charge in [-0.15, -0.1) is 0 Å². The van der Waals surface area contributed by atoms with Crippen molar-refractivity contribution in [1.82, 2.24) is 9.62 Å². The number of likely N-dealkylation sites (tertiary alicyclic amines) is 1. The molecule has 0 bridgehead atoms. The van der Waals surface area contributed by atoms with Gasteiger partial charge in [0.2, 0.25) is 15.9 Å². The molecule has 3 rings (SSSR count). The monoisotopic (exact) mass is 474 g/mol. The van der Waals surface area contributed by atoms with Gasteiger partial charge in [-0.25, -0.2) is 8.42 Å². The summed E-state index contributed by atoms with van der Waals surface area (Å²) in [5.41, 5.74) is 1.73. The Labute approximate surface area is 194 Å². The number of ether oxygens (including phenoxy) is 1.